The van der Waals surface area contributed by atoms with Gasteiger partial charge >= 0.3 is 17.9 Å². The Labute approximate surface area is 236 Å². The number of rotatable bonds is 10. The zero-order chi connectivity index (χ0) is 30.1. The van der Waals surface area contributed by atoms with E-state index in [1.165, 1.54) is 41.5 Å². The summed E-state index contributed by atoms with van der Waals surface area (Å²) >= 11 is 0. The summed E-state index contributed by atoms with van der Waals surface area (Å²) in [5, 5.41) is 32.9. The van der Waals surface area contributed by atoms with Crippen LogP contribution in [0.15, 0.2) is 47.1 Å². The largest absolute Gasteiger partial charge is 0.442 e. The summed E-state index contributed by atoms with van der Waals surface area (Å²) in [5.41, 5.74) is 4.16. The molecule has 5 rings (SSSR count). The molecule has 1 saturated heterocycles. The first-order valence-corrected chi connectivity index (χ1v) is 12.8. The summed E-state index contributed by atoms with van der Waals surface area (Å²) in [7, 11) is 0. The number of nitrogens with one attached hydrogen (secondary N) is 2. The van der Waals surface area contributed by atoms with Crippen LogP contribution in [-0.2, 0) is 10.4 Å². The van der Waals surface area contributed by atoms with Crippen LogP contribution in [0.2, 0.25) is 0 Å². The van der Waals surface area contributed by atoms with Gasteiger partial charge in [0.05, 0.1) is 12.9 Å². The minimum Gasteiger partial charge on any atom is -0.387 e. The highest BCUT2D eigenvalue weighted by Gasteiger charge is 2.65. The first-order chi connectivity index (χ1) is 20.0. The Morgan fingerprint density at radius 1 is 1.19 bits per heavy atom. The zero-order valence-corrected chi connectivity index (χ0v) is 21.9. The van der Waals surface area contributed by atoms with Crippen LogP contribution < -0.4 is 16.4 Å². The number of anilines is 2. The number of carbonyl (C=O) groups excluding carboxylic acids is 1. The van der Waals surface area contributed by atoms with E-state index in [0.717, 1.165) is 0 Å². The van der Waals surface area contributed by atoms with Crippen molar-refractivity contribution in [2.75, 3.05) is 37.2 Å². The average Bonchev–Trinajstić information content (AvgIpc) is 3.60. The third-order valence-electron chi connectivity index (χ3n) is 6.93. The first kappa shape index (κ1) is 29.1. The van der Waals surface area contributed by atoms with Crippen molar-refractivity contribution in [2.24, 2.45) is 10.2 Å². The maximum atomic E-state index is 13.1. The normalized spacial score (nSPS) is 22.8. The summed E-state index contributed by atoms with van der Waals surface area (Å²) in [6.45, 7) is 1.10. The SMILES string of the molecule is C#CCN(CCCNC(=O)Nc1ccc(C2(C(F)(F)F)N=N2)cc1)C[C@H]1O[C@@H](n2cnc3c(N)ncnc32)[C@H](O)[C@@H]1O. The number of imidazole rings is 1. The minimum atomic E-state index is -4.63. The van der Waals surface area contributed by atoms with Gasteiger partial charge in [-0.1, -0.05) is 18.1 Å². The highest BCUT2D eigenvalue weighted by atomic mass is 19.4. The lowest BCUT2D eigenvalue weighted by Crippen LogP contribution is -2.41. The van der Waals surface area contributed by atoms with Gasteiger partial charge < -0.3 is 31.3 Å². The molecule has 14 nitrogen and oxygen atoms in total. The van der Waals surface area contributed by atoms with Crippen molar-refractivity contribution >= 4 is 28.7 Å². The van der Waals surface area contributed by atoms with Gasteiger partial charge in [-0.2, -0.15) is 13.2 Å². The number of urea groups is 1. The van der Waals surface area contributed by atoms with E-state index in [-0.39, 0.29) is 31.0 Å². The van der Waals surface area contributed by atoms with Gasteiger partial charge in [-0.05, 0) is 18.6 Å². The number of halogens is 3. The molecular formula is C25H27F3N10O4. The minimum absolute atomic E-state index is 0.137. The second-order valence-electron chi connectivity index (χ2n) is 9.75. The highest BCUT2D eigenvalue weighted by molar-refractivity contribution is 5.89. The van der Waals surface area contributed by atoms with E-state index in [2.05, 4.69) is 41.7 Å². The molecule has 1 aromatic carbocycles. The topological polar surface area (TPSA) is 188 Å². The van der Waals surface area contributed by atoms with Crippen molar-refractivity contribution in [2.45, 2.75) is 42.8 Å². The van der Waals surface area contributed by atoms with Crippen LogP contribution in [0.1, 0.15) is 18.2 Å². The van der Waals surface area contributed by atoms with Crippen LogP contribution in [0, 0.1) is 12.3 Å². The molecule has 0 saturated carbocycles. The highest BCUT2D eigenvalue weighted by Crippen LogP contribution is 2.52. The molecule has 1 fully saturated rings. The molecule has 4 atom stereocenters. The lowest BCUT2D eigenvalue weighted by Gasteiger charge is -2.25. The van der Waals surface area contributed by atoms with Gasteiger partial charge in [0.15, 0.2) is 17.7 Å². The molecule has 4 heterocycles. The van der Waals surface area contributed by atoms with Gasteiger partial charge in [0.25, 0.3) is 0 Å². The molecule has 0 spiro atoms. The molecule has 3 aromatic rings. The number of ether oxygens (including phenoxy) is 1. The molecule has 0 bridgehead atoms. The summed E-state index contributed by atoms with van der Waals surface area (Å²) in [6.07, 6.45) is -0.236. The second-order valence-corrected chi connectivity index (χ2v) is 9.75. The van der Waals surface area contributed by atoms with Crippen molar-refractivity contribution in [3.05, 3.63) is 42.5 Å². The monoisotopic (exact) mass is 588 g/mol. The molecule has 2 aromatic heterocycles. The Bertz CT molecular complexity index is 1500. The molecule has 2 aliphatic rings. The van der Waals surface area contributed by atoms with Gasteiger partial charge in [-0.25, -0.2) is 19.7 Å². The molecular weight excluding hydrogens is 561 g/mol. The maximum absolute atomic E-state index is 13.1. The van der Waals surface area contributed by atoms with Crippen LogP contribution in [0.4, 0.5) is 29.5 Å². The zero-order valence-electron chi connectivity index (χ0n) is 21.9. The molecule has 0 radical (unpaired) electrons. The molecule has 42 heavy (non-hydrogen) atoms. The lowest BCUT2D eigenvalue weighted by atomic mass is 10.0. The van der Waals surface area contributed by atoms with Crippen LogP contribution >= 0.6 is 0 Å². The smallest absolute Gasteiger partial charge is 0.387 e. The van der Waals surface area contributed by atoms with Gasteiger partial charge in [0.2, 0.25) is 0 Å². The number of hydrogen-bond acceptors (Lipinski definition) is 11. The van der Waals surface area contributed by atoms with Gasteiger partial charge in [0, 0.05) is 30.9 Å². The number of fused-ring (bicyclic) bond motifs is 1. The second kappa shape index (κ2) is 11.5. The maximum Gasteiger partial charge on any atom is 0.442 e. The van der Waals surface area contributed by atoms with Crippen molar-refractivity contribution in [3.8, 4) is 12.3 Å². The standard InChI is InChI=1S/C25H27F3N10O4/c1-2-9-37(11-16-18(39)19(40)22(42-16)38-13-33-17-20(29)31-12-32-21(17)38)10-3-8-30-23(41)34-15-6-4-14(5-7-15)24(35-36-24)25(26,27)28/h1,4-7,12-13,16,18-19,22,39-40H,3,8-11H2,(H2,29,31,32)(H2,30,34,41)/t16-,18-,19-,22-/m1/s1. The van der Waals surface area contributed by atoms with Gasteiger partial charge in [0.1, 0.15) is 30.2 Å². The molecule has 6 N–H and O–H groups in total. The van der Waals surface area contributed by atoms with E-state index in [9.17, 15) is 28.2 Å². The summed E-state index contributed by atoms with van der Waals surface area (Å²) < 4.78 is 46.9. The Kier molecular flexibility index (Phi) is 7.97. The number of aliphatic hydroxyl groups is 2. The van der Waals surface area contributed by atoms with Crippen LogP contribution in [0.25, 0.3) is 11.2 Å². The summed E-state index contributed by atoms with van der Waals surface area (Å²) in [6, 6.07) is 4.54. The fourth-order valence-electron chi connectivity index (χ4n) is 4.69. The van der Waals surface area contributed by atoms with E-state index in [0.29, 0.717) is 29.8 Å². The predicted molar refractivity (Wildman–Crippen MR) is 142 cm³/mol. The molecule has 0 unspecified atom stereocenters. The van der Waals surface area contributed by atoms with Gasteiger partial charge in [-0.15, -0.1) is 16.7 Å². The number of hydrogen-bond donors (Lipinski definition) is 5. The molecule has 222 valence electrons. The van der Waals surface area contributed by atoms with Crippen LogP contribution in [0.3, 0.4) is 0 Å². The number of terminal acetylenes is 1. The fourth-order valence-corrected chi connectivity index (χ4v) is 4.69. The van der Waals surface area contributed by atoms with Crippen molar-refractivity contribution in [1.29, 1.82) is 0 Å². The number of nitrogen functional groups attached to an aromatic ring is 1. The number of carbonyl (C=O) groups is 1. The van der Waals surface area contributed by atoms with Crippen LogP contribution in [0.5, 0.6) is 0 Å². The number of nitrogens with zero attached hydrogens (tertiary/aromatic N) is 7. The summed E-state index contributed by atoms with van der Waals surface area (Å²) in [5.74, 6) is 2.72. The molecule has 0 aliphatic carbocycles. The number of nitrogens with two attached hydrogens (primary N) is 1. The molecule has 2 amide bonds. The lowest BCUT2D eigenvalue weighted by molar-refractivity contribution is -0.166. The van der Waals surface area contributed by atoms with E-state index in [1.54, 1.807) is 0 Å². The third kappa shape index (κ3) is 5.69. The van der Waals surface area contributed by atoms with Gasteiger partial charge in [-0.3, -0.25) is 9.47 Å². The number of aromatic nitrogens is 4. The Morgan fingerprint density at radius 3 is 2.60 bits per heavy atom. The fraction of sp³-hybridized carbons (Fsp3) is 0.440. The van der Waals surface area contributed by atoms with E-state index < -0.39 is 42.4 Å². The Morgan fingerprint density at radius 2 is 1.93 bits per heavy atom. The third-order valence-corrected chi connectivity index (χ3v) is 6.93. The summed E-state index contributed by atoms with van der Waals surface area (Å²) in [4.78, 5) is 26.3. The Hall–Kier alpha value is -4.37. The average molecular weight is 589 g/mol. The quantitative estimate of drug-likeness (QED) is 0.172. The van der Waals surface area contributed by atoms with Crippen molar-refractivity contribution in [1.82, 2.24) is 29.7 Å². The van der Waals surface area contributed by atoms with Crippen LogP contribution in [-0.4, -0.2) is 91.3 Å². The molecule has 2 aliphatic heterocycles. The van der Waals surface area contributed by atoms with Crippen molar-refractivity contribution < 1.29 is 32.9 Å². The number of aliphatic hydroxyl groups excluding tert-OH is 2. The van der Waals surface area contributed by atoms with Crippen molar-refractivity contribution in [3.63, 3.8) is 0 Å². The van der Waals surface area contributed by atoms with E-state index >= 15 is 0 Å². The number of amides is 2. The molecule has 17 heteroatoms. The predicted octanol–water partition coefficient (Wildman–Crippen LogP) is 1.36. The number of benzene rings is 1. The Balaban J connectivity index is 1.10. The van der Waals surface area contributed by atoms with E-state index in [1.807, 2.05) is 4.90 Å². The van der Waals surface area contributed by atoms with E-state index in [4.69, 9.17) is 16.9 Å². The number of alkyl halides is 3. The first-order valence-electron chi connectivity index (χ1n) is 12.8.